The molecule has 1 amide bonds. The molecule has 1 N–H and O–H groups in total. The van der Waals surface area contributed by atoms with Crippen LogP contribution in [0.1, 0.15) is 62.2 Å². The molecule has 0 radical (unpaired) electrons. The number of ether oxygens (including phenoxy) is 2. The molecule has 2 atom stereocenters. The lowest BCUT2D eigenvalue weighted by atomic mass is 10.1. The molecule has 1 aromatic carbocycles. The van der Waals surface area contributed by atoms with Gasteiger partial charge in [-0.25, -0.2) is 4.98 Å². The molecule has 1 unspecified atom stereocenters. The topological polar surface area (TPSA) is 91.4 Å². The molecule has 38 heavy (non-hydrogen) atoms. The van der Waals surface area contributed by atoms with E-state index in [9.17, 15) is 18.0 Å². The SMILES string of the molecule is C[C@H](OC1CCCCO1)c1nccn1Cc1cc(-c2ccc(C#CC3(NC(=O)C(F)(F)F)CC3)cc2)on1. The van der Waals surface area contributed by atoms with Crippen LogP contribution in [0.15, 0.2) is 47.2 Å². The lowest BCUT2D eigenvalue weighted by molar-refractivity contribution is -0.188. The Kier molecular flexibility index (Phi) is 7.27. The minimum Gasteiger partial charge on any atom is -0.356 e. The standard InChI is InChI=1S/C27H27F3N4O4/c1-18(37-23-4-2-3-15-36-23)24-31-13-14-34(24)17-21-16-22(38-33-21)20-7-5-19(6-8-20)9-10-26(11-12-26)32-25(35)27(28,29)30/h5-8,13-14,16,18,23H,2-4,11-12,15,17H2,1H3,(H,32,35)/t18-,23?/m0/s1. The molecule has 1 aliphatic carbocycles. The van der Waals surface area contributed by atoms with E-state index >= 15 is 0 Å². The molecule has 2 fully saturated rings. The Morgan fingerprint density at radius 3 is 2.76 bits per heavy atom. The van der Waals surface area contributed by atoms with Gasteiger partial charge >= 0.3 is 12.1 Å². The highest BCUT2D eigenvalue weighted by Gasteiger charge is 2.49. The van der Waals surface area contributed by atoms with Gasteiger partial charge in [-0.15, -0.1) is 0 Å². The number of rotatable bonds is 7. The fraction of sp³-hybridized carbons (Fsp3) is 0.444. The van der Waals surface area contributed by atoms with E-state index in [1.807, 2.05) is 29.1 Å². The number of nitrogens with one attached hydrogen (secondary N) is 1. The van der Waals surface area contributed by atoms with E-state index in [4.69, 9.17) is 14.0 Å². The van der Waals surface area contributed by atoms with Crippen molar-refractivity contribution in [3.8, 4) is 23.2 Å². The monoisotopic (exact) mass is 528 g/mol. The molecule has 0 spiro atoms. The fourth-order valence-corrected chi connectivity index (χ4v) is 4.22. The summed E-state index contributed by atoms with van der Waals surface area (Å²) in [5.74, 6) is 5.00. The number of benzene rings is 1. The van der Waals surface area contributed by atoms with Gasteiger partial charge in [-0.1, -0.05) is 17.0 Å². The fourth-order valence-electron chi connectivity index (χ4n) is 4.22. The van der Waals surface area contributed by atoms with Gasteiger partial charge in [0.1, 0.15) is 23.2 Å². The Morgan fingerprint density at radius 1 is 1.29 bits per heavy atom. The van der Waals surface area contributed by atoms with Crippen LogP contribution in [0, 0.1) is 11.8 Å². The maximum atomic E-state index is 12.5. The van der Waals surface area contributed by atoms with E-state index in [2.05, 4.69) is 22.0 Å². The highest BCUT2D eigenvalue weighted by Crippen LogP contribution is 2.36. The molecule has 5 rings (SSSR count). The summed E-state index contributed by atoms with van der Waals surface area (Å²) in [6.07, 6.45) is 1.98. The average Bonchev–Trinajstić information content (AvgIpc) is 3.26. The summed E-state index contributed by atoms with van der Waals surface area (Å²) in [4.78, 5) is 15.7. The zero-order valence-corrected chi connectivity index (χ0v) is 20.8. The largest absolute Gasteiger partial charge is 0.471 e. The number of amides is 1. The van der Waals surface area contributed by atoms with E-state index in [1.165, 1.54) is 0 Å². The quantitative estimate of drug-likeness (QED) is 0.445. The van der Waals surface area contributed by atoms with Crippen molar-refractivity contribution in [1.29, 1.82) is 0 Å². The number of hydrogen-bond donors (Lipinski definition) is 1. The van der Waals surface area contributed by atoms with Crippen molar-refractivity contribution in [2.45, 2.75) is 69.7 Å². The van der Waals surface area contributed by atoms with Crippen molar-refractivity contribution >= 4 is 5.91 Å². The molecule has 1 saturated carbocycles. The molecule has 11 heteroatoms. The van der Waals surface area contributed by atoms with Crippen molar-refractivity contribution in [2.75, 3.05) is 6.61 Å². The highest BCUT2D eigenvalue weighted by molar-refractivity contribution is 5.83. The molecule has 200 valence electrons. The second-order valence-electron chi connectivity index (χ2n) is 9.53. The van der Waals surface area contributed by atoms with Crippen LogP contribution in [0.5, 0.6) is 0 Å². The number of hydrogen-bond acceptors (Lipinski definition) is 6. The highest BCUT2D eigenvalue weighted by atomic mass is 19.4. The first-order valence-electron chi connectivity index (χ1n) is 12.5. The third-order valence-electron chi connectivity index (χ3n) is 6.47. The molecular formula is C27H27F3N4O4. The van der Waals surface area contributed by atoms with E-state index in [0.29, 0.717) is 43.0 Å². The van der Waals surface area contributed by atoms with Crippen LogP contribution in [0.2, 0.25) is 0 Å². The first-order valence-corrected chi connectivity index (χ1v) is 12.5. The summed E-state index contributed by atoms with van der Waals surface area (Å²) in [6.45, 7) is 3.11. The van der Waals surface area contributed by atoms with Crippen LogP contribution in [-0.2, 0) is 20.8 Å². The number of imidazole rings is 1. The first kappa shape index (κ1) is 26.0. The summed E-state index contributed by atoms with van der Waals surface area (Å²) in [5.41, 5.74) is 0.988. The lowest BCUT2D eigenvalue weighted by Crippen LogP contribution is -2.44. The predicted molar refractivity (Wildman–Crippen MR) is 129 cm³/mol. The number of nitrogens with zero attached hydrogens (tertiary/aromatic N) is 3. The van der Waals surface area contributed by atoms with Crippen LogP contribution < -0.4 is 5.32 Å². The molecule has 8 nitrogen and oxygen atoms in total. The summed E-state index contributed by atoms with van der Waals surface area (Å²) in [6, 6.07) is 8.92. The van der Waals surface area contributed by atoms with Crippen molar-refractivity contribution < 1.29 is 32.0 Å². The summed E-state index contributed by atoms with van der Waals surface area (Å²) in [5, 5.41) is 6.17. The summed E-state index contributed by atoms with van der Waals surface area (Å²) in [7, 11) is 0. The Morgan fingerprint density at radius 2 is 2.08 bits per heavy atom. The molecule has 3 heterocycles. The number of carbonyl (C=O) groups is 1. The maximum Gasteiger partial charge on any atom is 0.471 e. The van der Waals surface area contributed by atoms with Gasteiger partial charge in [-0.2, -0.15) is 13.2 Å². The van der Waals surface area contributed by atoms with E-state index < -0.39 is 17.6 Å². The molecule has 0 bridgehead atoms. The van der Waals surface area contributed by atoms with Crippen LogP contribution in [0.25, 0.3) is 11.3 Å². The molecule has 1 saturated heterocycles. The summed E-state index contributed by atoms with van der Waals surface area (Å²) < 4.78 is 56.8. The predicted octanol–water partition coefficient (Wildman–Crippen LogP) is 4.75. The zero-order chi connectivity index (χ0) is 26.8. The lowest BCUT2D eigenvalue weighted by Gasteiger charge is -2.26. The first-order chi connectivity index (χ1) is 18.2. The minimum absolute atomic E-state index is 0.219. The Balaban J connectivity index is 1.20. The van der Waals surface area contributed by atoms with Gasteiger partial charge in [0.05, 0.1) is 6.54 Å². The van der Waals surface area contributed by atoms with Gasteiger partial charge in [0.2, 0.25) is 0 Å². The summed E-state index contributed by atoms with van der Waals surface area (Å²) >= 11 is 0. The van der Waals surface area contributed by atoms with Crippen LogP contribution in [0.3, 0.4) is 0 Å². The van der Waals surface area contributed by atoms with Crippen molar-refractivity contribution in [2.24, 2.45) is 0 Å². The van der Waals surface area contributed by atoms with Gasteiger partial charge in [-0.3, -0.25) is 4.79 Å². The third kappa shape index (κ3) is 6.26. The van der Waals surface area contributed by atoms with Crippen molar-refractivity contribution in [3.05, 3.63) is 59.8 Å². The number of carbonyl (C=O) groups excluding carboxylic acids is 1. The normalized spacial score (nSPS) is 19.3. The second-order valence-corrected chi connectivity index (χ2v) is 9.53. The van der Waals surface area contributed by atoms with Crippen molar-refractivity contribution in [3.63, 3.8) is 0 Å². The van der Waals surface area contributed by atoms with E-state index in [1.54, 1.807) is 30.5 Å². The maximum absolute atomic E-state index is 12.5. The average molecular weight is 529 g/mol. The smallest absolute Gasteiger partial charge is 0.356 e. The zero-order valence-electron chi connectivity index (χ0n) is 20.8. The molecule has 3 aromatic rings. The number of alkyl halides is 3. The molecule has 2 aromatic heterocycles. The van der Waals surface area contributed by atoms with Gasteiger partial charge in [0, 0.05) is 36.2 Å². The molecular weight excluding hydrogens is 501 g/mol. The molecule has 1 aliphatic heterocycles. The Bertz CT molecular complexity index is 1330. The minimum atomic E-state index is -4.93. The third-order valence-corrected chi connectivity index (χ3v) is 6.47. The van der Waals surface area contributed by atoms with Crippen LogP contribution in [0.4, 0.5) is 13.2 Å². The second kappa shape index (κ2) is 10.6. The van der Waals surface area contributed by atoms with Gasteiger partial charge in [-0.05, 0) is 63.3 Å². The Labute approximate surface area is 217 Å². The van der Waals surface area contributed by atoms with Gasteiger partial charge in [0.15, 0.2) is 12.1 Å². The molecule has 2 aliphatic rings. The number of halogens is 3. The van der Waals surface area contributed by atoms with Crippen molar-refractivity contribution in [1.82, 2.24) is 20.0 Å². The van der Waals surface area contributed by atoms with E-state index in [-0.39, 0.29) is 12.4 Å². The van der Waals surface area contributed by atoms with Crippen LogP contribution in [-0.4, -0.2) is 45.2 Å². The van der Waals surface area contributed by atoms with E-state index in [0.717, 1.165) is 30.7 Å². The van der Waals surface area contributed by atoms with Gasteiger partial charge in [0.25, 0.3) is 0 Å². The van der Waals surface area contributed by atoms with Gasteiger partial charge < -0.3 is 23.9 Å². The number of aromatic nitrogens is 3. The Hall–Kier alpha value is -3.62. The van der Waals surface area contributed by atoms with Crippen LogP contribution >= 0.6 is 0 Å².